The molecule has 2 aromatic carbocycles. The van der Waals surface area contributed by atoms with Crippen molar-refractivity contribution in [3.63, 3.8) is 0 Å². The first-order valence-corrected chi connectivity index (χ1v) is 9.75. The molecular weight excluding hydrogens is 399 g/mol. The Balaban J connectivity index is 1.37. The summed E-state index contributed by atoms with van der Waals surface area (Å²) in [5, 5.41) is 3.82. The number of nitrogens with zero attached hydrogens (tertiary/aromatic N) is 2. The van der Waals surface area contributed by atoms with Gasteiger partial charge in [-0.05, 0) is 49.2 Å². The predicted molar refractivity (Wildman–Crippen MR) is 109 cm³/mol. The lowest BCUT2D eigenvalue weighted by atomic mass is 10.0. The number of hydrogen-bond donors (Lipinski definition) is 2. The molecule has 1 aromatic heterocycles. The molecule has 3 aromatic rings. The number of imidazole rings is 1. The minimum Gasteiger partial charge on any atom is -0.349 e. The molecule has 2 N–H and O–H groups in total. The van der Waals surface area contributed by atoms with Crippen LogP contribution < -0.4 is 5.32 Å². The monoisotopic (exact) mass is 416 g/mol. The topological polar surface area (TPSA) is 78.1 Å². The number of carbonyl (C=O) groups excluding carboxylic acids is 2. The highest BCUT2D eigenvalue weighted by atomic mass is 35.5. The smallest absolute Gasteiger partial charge is 0.253 e. The molecule has 0 atom stereocenters. The molecule has 1 aliphatic heterocycles. The zero-order chi connectivity index (χ0) is 19.7. The van der Waals surface area contributed by atoms with E-state index in [1.807, 2.05) is 17.0 Å². The maximum absolute atomic E-state index is 12.8. The van der Waals surface area contributed by atoms with E-state index in [4.69, 9.17) is 23.2 Å². The summed E-state index contributed by atoms with van der Waals surface area (Å²) in [4.78, 5) is 34.2. The van der Waals surface area contributed by atoms with Gasteiger partial charge in [0.05, 0.1) is 27.9 Å². The van der Waals surface area contributed by atoms with Crippen LogP contribution in [0.3, 0.4) is 0 Å². The van der Waals surface area contributed by atoms with E-state index in [2.05, 4.69) is 15.3 Å². The molecular formula is C20H18Cl2N4O2. The van der Waals surface area contributed by atoms with E-state index in [1.54, 1.807) is 30.6 Å². The third kappa shape index (κ3) is 3.84. The normalized spacial score (nSPS) is 15.0. The summed E-state index contributed by atoms with van der Waals surface area (Å²) in [6.07, 6.45) is 2.98. The average Bonchev–Trinajstić information content (AvgIpc) is 3.17. The summed E-state index contributed by atoms with van der Waals surface area (Å²) in [6, 6.07) is 10.2. The zero-order valence-corrected chi connectivity index (χ0v) is 16.4. The Hall–Kier alpha value is -2.57. The Kier molecular flexibility index (Phi) is 5.24. The number of rotatable bonds is 3. The lowest BCUT2D eigenvalue weighted by Crippen LogP contribution is -2.46. The van der Waals surface area contributed by atoms with Crippen LogP contribution in [-0.4, -0.2) is 45.8 Å². The van der Waals surface area contributed by atoms with Gasteiger partial charge in [0.1, 0.15) is 0 Å². The van der Waals surface area contributed by atoms with Gasteiger partial charge in [-0.25, -0.2) is 4.98 Å². The number of amides is 2. The van der Waals surface area contributed by atoms with Crippen LogP contribution in [0.15, 0.2) is 42.7 Å². The molecule has 1 aliphatic rings. The summed E-state index contributed by atoms with van der Waals surface area (Å²) < 4.78 is 0. The number of halogens is 2. The number of H-pyrrole nitrogens is 1. The van der Waals surface area contributed by atoms with Gasteiger partial charge in [-0.1, -0.05) is 23.2 Å². The summed E-state index contributed by atoms with van der Waals surface area (Å²) >= 11 is 12.1. The fourth-order valence-electron chi connectivity index (χ4n) is 3.41. The first-order valence-electron chi connectivity index (χ1n) is 8.99. The Bertz CT molecular complexity index is 1040. The Morgan fingerprint density at radius 1 is 1.11 bits per heavy atom. The van der Waals surface area contributed by atoms with Crippen LogP contribution in [0.1, 0.15) is 33.6 Å². The van der Waals surface area contributed by atoms with Crippen molar-refractivity contribution in [1.29, 1.82) is 0 Å². The molecule has 2 amide bonds. The van der Waals surface area contributed by atoms with Gasteiger partial charge in [-0.3, -0.25) is 9.59 Å². The molecule has 0 radical (unpaired) electrons. The number of benzene rings is 2. The SMILES string of the molecule is O=C(NC1CCN(C(=O)c2ccc3nc[nH]c3c2)CC1)c1cc(Cl)ccc1Cl. The van der Waals surface area contributed by atoms with Gasteiger partial charge >= 0.3 is 0 Å². The number of aromatic nitrogens is 2. The first-order chi connectivity index (χ1) is 13.5. The van der Waals surface area contributed by atoms with Crippen molar-refractivity contribution in [3.8, 4) is 0 Å². The molecule has 1 fully saturated rings. The number of aromatic amines is 1. The molecule has 8 heteroatoms. The van der Waals surface area contributed by atoms with E-state index in [1.165, 1.54) is 0 Å². The number of nitrogens with one attached hydrogen (secondary N) is 2. The molecule has 144 valence electrons. The molecule has 1 saturated heterocycles. The van der Waals surface area contributed by atoms with Crippen molar-refractivity contribution in [3.05, 3.63) is 63.9 Å². The highest BCUT2D eigenvalue weighted by Gasteiger charge is 2.25. The molecule has 0 saturated carbocycles. The van der Waals surface area contributed by atoms with Crippen LogP contribution in [0.4, 0.5) is 0 Å². The number of piperidine rings is 1. The molecule has 2 heterocycles. The van der Waals surface area contributed by atoms with Crippen molar-refractivity contribution in [2.75, 3.05) is 13.1 Å². The Labute approximate surface area is 171 Å². The summed E-state index contributed by atoms with van der Waals surface area (Å²) in [5.74, 6) is -0.263. The fourth-order valence-corrected chi connectivity index (χ4v) is 3.79. The third-order valence-corrected chi connectivity index (χ3v) is 5.52. The van der Waals surface area contributed by atoms with Gasteiger partial charge in [0, 0.05) is 29.7 Å². The van der Waals surface area contributed by atoms with Crippen LogP contribution in [0, 0.1) is 0 Å². The standard InChI is InChI=1S/C20H18Cl2N4O2/c21-13-2-3-16(22)15(10-13)19(27)25-14-5-7-26(8-6-14)20(28)12-1-4-17-18(9-12)24-11-23-17/h1-4,9-11,14H,5-8H2,(H,23,24)(H,25,27). The zero-order valence-electron chi connectivity index (χ0n) is 14.9. The van der Waals surface area contributed by atoms with Crippen molar-refractivity contribution < 1.29 is 9.59 Å². The van der Waals surface area contributed by atoms with Crippen LogP contribution in [0.5, 0.6) is 0 Å². The summed E-state index contributed by atoms with van der Waals surface area (Å²) in [7, 11) is 0. The largest absolute Gasteiger partial charge is 0.349 e. The molecule has 0 aliphatic carbocycles. The number of fused-ring (bicyclic) bond motifs is 1. The summed E-state index contributed by atoms with van der Waals surface area (Å²) in [5.41, 5.74) is 2.66. The second kappa shape index (κ2) is 7.81. The molecule has 0 unspecified atom stereocenters. The van der Waals surface area contributed by atoms with Crippen molar-refractivity contribution in [2.45, 2.75) is 18.9 Å². The minimum atomic E-state index is -0.248. The van der Waals surface area contributed by atoms with E-state index in [-0.39, 0.29) is 17.9 Å². The summed E-state index contributed by atoms with van der Waals surface area (Å²) in [6.45, 7) is 1.15. The van der Waals surface area contributed by atoms with Gasteiger partial charge in [0.25, 0.3) is 11.8 Å². The van der Waals surface area contributed by atoms with E-state index >= 15 is 0 Å². The number of carbonyl (C=O) groups is 2. The van der Waals surface area contributed by atoms with Crippen LogP contribution in [0.25, 0.3) is 11.0 Å². The predicted octanol–water partition coefficient (Wildman–Crippen LogP) is 3.90. The Morgan fingerprint density at radius 3 is 2.68 bits per heavy atom. The van der Waals surface area contributed by atoms with E-state index < -0.39 is 0 Å². The molecule has 0 bridgehead atoms. The molecule has 4 rings (SSSR count). The molecule has 0 spiro atoms. The minimum absolute atomic E-state index is 0.0123. The highest BCUT2D eigenvalue weighted by Crippen LogP contribution is 2.22. The van der Waals surface area contributed by atoms with Crippen LogP contribution in [0.2, 0.25) is 10.0 Å². The highest BCUT2D eigenvalue weighted by molar-refractivity contribution is 6.35. The maximum atomic E-state index is 12.8. The second-order valence-corrected chi connectivity index (χ2v) is 7.64. The average molecular weight is 417 g/mol. The number of hydrogen-bond acceptors (Lipinski definition) is 3. The van der Waals surface area contributed by atoms with E-state index in [9.17, 15) is 9.59 Å². The number of likely N-dealkylation sites (tertiary alicyclic amines) is 1. The lowest BCUT2D eigenvalue weighted by Gasteiger charge is -2.32. The third-order valence-electron chi connectivity index (χ3n) is 4.96. The fraction of sp³-hybridized carbons (Fsp3) is 0.250. The van der Waals surface area contributed by atoms with Gasteiger partial charge in [-0.2, -0.15) is 0 Å². The first kappa shape index (κ1) is 18.8. The van der Waals surface area contributed by atoms with Gasteiger partial charge in [-0.15, -0.1) is 0 Å². The van der Waals surface area contributed by atoms with Gasteiger partial charge < -0.3 is 15.2 Å². The molecule has 6 nitrogen and oxygen atoms in total. The van der Waals surface area contributed by atoms with Gasteiger partial charge in [0.2, 0.25) is 0 Å². The second-order valence-electron chi connectivity index (χ2n) is 6.80. The van der Waals surface area contributed by atoms with Crippen LogP contribution >= 0.6 is 23.2 Å². The quantitative estimate of drug-likeness (QED) is 0.679. The van der Waals surface area contributed by atoms with Gasteiger partial charge in [0.15, 0.2) is 0 Å². The van der Waals surface area contributed by atoms with Crippen molar-refractivity contribution >= 4 is 46.0 Å². The van der Waals surface area contributed by atoms with Crippen LogP contribution in [-0.2, 0) is 0 Å². The van der Waals surface area contributed by atoms with E-state index in [0.29, 0.717) is 47.1 Å². The van der Waals surface area contributed by atoms with Crippen molar-refractivity contribution in [2.24, 2.45) is 0 Å². The Morgan fingerprint density at radius 2 is 1.89 bits per heavy atom. The maximum Gasteiger partial charge on any atom is 0.253 e. The van der Waals surface area contributed by atoms with E-state index in [0.717, 1.165) is 11.0 Å². The lowest BCUT2D eigenvalue weighted by molar-refractivity contribution is 0.0698. The van der Waals surface area contributed by atoms with Crippen molar-refractivity contribution in [1.82, 2.24) is 20.2 Å². The molecule has 28 heavy (non-hydrogen) atoms.